The number of fused-ring (bicyclic) bond motifs is 6. The van der Waals surface area contributed by atoms with Gasteiger partial charge >= 0.3 is 5.97 Å². The molecule has 6 aliphatic rings. The summed E-state index contributed by atoms with van der Waals surface area (Å²) in [6, 6.07) is 4.15. The van der Waals surface area contributed by atoms with Crippen molar-refractivity contribution in [2.24, 2.45) is 5.92 Å². The fourth-order valence-electron chi connectivity index (χ4n) is 9.75. The number of carbonyl (C=O) groups excluding carboxylic acids is 5. The molecular weight excluding hydrogens is 847 g/mol. The average Bonchev–Trinajstić information content (AvgIpc) is 3.66. The van der Waals surface area contributed by atoms with Gasteiger partial charge < -0.3 is 59.1 Å². The van der Waals surface area contributed by atoms with Crippen LogP contribution in [-0.2, 0) is 49.3 Å². The average molecular weight is 898 g/mol. The minimum absolute atomic E-state index is 0.00623. The molecular formula is C43H51N3O16S. The predicted molar refractivity (Wildman–Crippen MR) is 218 cm³/mol. The second kappa shape index (κ2) is 18.1. The van der Waals surface area contributed by atoms with E-state index >= 15 is 0 Å². The maximum Gasteiger partial charge on any atom is 0.306 e. The number of hydrogen-bond donors (Lipinski definition) is 5. The zero-order valence-electron chi connectivity index (χ0n) is 35.0. The highest BCUT2D eigenvalue weighted by Gasteiger charge is 2.55. The van der Waals surface area contributed by atoms with E-state index in [1.165, 1.54) is 44.2 Å². The van der Waals surface area contributed by atoms with Crippen LogP contribution in [0, 0.1) is 5.92 Å². The maximum atomic E-state index is 14.2. The Labute approximate surface area is 366 Å². The Morgan fingerprint density at radius 2 is 1.75 bits per heavy atom. The lowest BCUT2D eigenvalue weighted by Gasteiger charge is -2.43. The van der Waals surface area contributed by atoms with E-state index in [-0.39, 0.29) is 70.1 Å². The minimum Gasteiger partial charge on any atom is -0.507 e. The van der Waals surface area contributed by atoms with E-state index in [4.69, 9.17) is 28.4 Å². The van der Waals surface area contributed by atoms with Crippen molar-refractivity contribution in [3.8, 4) is 17.2 Å². The number of amides is 2. The molecule has 340 valence electrons. The summed E-state index contributed by atoms with van der Waals surface area (Å²) in [6.45, 7) is 2.96. The largest absolute Gasteiger partial charge is 0.507 e. The molecule has 19 nitrogen and oxygen atoms in total. The summed E-state index contributed by atoms with van der Waals surface area (Å²) in [5.41, 5.74) is -3.83. The van der Waals surface area contributed by atoms with Crippen LogP contribution in [0.3, 0.4) is 0 Å². The summed E-state index contributed by atoms with van der Waals surface area (Å²) < 4.78 is 35.8. The number of ketones is 3. The number of methoxy groups -OCH3 is 2. The monoisotopic (exact) mass is 897 g/mol. The number of nitrogens with one attached hydrogen (secondary N) is 1. The highest BCUT2D eigenvalue weighted by Crippen LogP contribution is 2.53. The lowest BCUT2D eigenvalue weighted by molar-refractivity contribution is -0.256. The van der Waals surface area contributed by atoms with Crippen LogP contribution in [0.4, 0.5) is 0 Å². The van der Waals surface area contributed by atoms with Gasteiger partial charge in [-0.1, -0.05) is 12.1 Å². The SMILES string of the molecule is COc1cccc2c1C(=O)c1c(O)c3c(c(O)c1C2=O)C[C@@](O)(C(=O)NCC(=O)CCSCC(=O)N1CCC(C(=O)O)CC1)C[C@@H]3O[C@H]1C[C@H]2[C@H](O[C@@H]3[C@@H](OC)OCCN32)[C@H](C)O1. The number of benzene rings is 2. The van der Waals surface area contributed by atoms with E-state index < -0.39 is 114 Å². The van der Waals surface area contributed by atoms with Crippen LogP contribution in [0.1, 0.15) is 88.1 Å². The quantitative estimate of drug-likeness (QED) is 0.120. The van der Waals surface area contributed by atoms with Gasteiger partial charge in [-0.2, -0.15) is 11.8 Å². The Hall–Kier alpha value is -4.67. The van der Waals surface area contributed by atoms with Crippen molar-refractivity contribution in [2.75, 3.05) is 58.5 Å². The molecule has 0 unspecified atom stereocenters. The summed E-state index contributed by atoms with van der Waals surface area (Å²) in [4.78, 5) is 82.7. The highest BCUT2D eigenvalue weighted by molar-refractivity contribution is 7.99. The number of carboxylic acids is 1. The van der Waals surface area contributed by atoms with Gasteiger partial charge in [0.2, 0.25) is 11.7 Å². The third-order valence-corrected chi connectivity index (χ3v) is 13.9. The van der Waals surface area contributed by atoms with Gasteiger partial charge in [0.15, 0.2) is 30.4 Å². The second-order valence-electron chi connectivity index (χ2n) is 16.7. The lowest BCUT2D eigenvalue weighted by atomic mass is 9.72. The van der Waals surface area contributed by atoms with Crippen molar-refractivity contribution in [3.05, 3.63) is 51.6 Å². The number of thioether (sulfide) groups is 1. The first-order valence-corrected chi connectivity index (χ1v) is 22.1. The fraction of sp³-hybridized carbons (Fsp3) is 0.581. The number of hydrogen-bond acceptors (Lipinski definition) is 17. The summed E-state index contributed by atoms with van der Waals surface area (Å²) in [5, 5.41) is 47.9. The number of Topliss-reactive ketones (excluding diaryl/α,β-unsaturated/α-hetero) is 1. The number of carbonyl (C=O) groups is 6. The summed E-state index contributed by atoms with van der Waals surface area (Å²) in [6.07, 6.45) is -4.64. The zero-order chi connectivity index (χ0) is 44.9. The molecule has 2 amide bonds. The van der Waals surface area contributed by atoms with Crippen molar-refractivity contribution in [3.63, 3.8) is 0 Å². The molecule has 0 aromatic heterocycles. The van der Waals surface area contributed by atoms with E-state index in [9.17, 15) is 49.2 Å². The summed E-state index contributed by atoms with van der Waals surface area (Å²) in [5.74, 6) is -5.38. The molecule has 8 atom stereocenters. The number of rotatable bonds is 13. The molecule has 63 heavy (non-hydrogen) atoms. The van der Waals surface area contributed by atoms with Gasteiger partial charge in [-0.05, 0) is 25.8 Å². The molecule has 5 N–H and O–H groups in total. The van der Waals surface area contributed by atoms with Crippen molar-refractivity contribution >= 4 is 46.9 Å². The first-order chi connectivity index (χ1) is 30.1. The number of phenolic OH excluding ortho intramolecular Hbond substituents is 2. The Kier molecular flexibility index (Phi) is 12.9. The zero-order valence-corrected chi connectivity index (χ0v) is 35.9. The second-order valence-corrected chi connectivity index (χ2v) is 17.8. The smallest absolute Gasteiger partial charge is 0.306 e. The number of phenols is 2. The number of piperidine rings is 1. The van der Waals surface area contributed by atoms with Gasteiger partial charge in [0.25, 0.3) is 5.91 Å². The Morgan fingerprint density at radius 3 is 2.46 bits per heavy atom. The van der Waals surface area contributed by atoms with E-state index in [0.717, 1.165) is 0 Å². The van der Waals surface area contributed by atoms with Crippen molar-refractivity contribution in [2.45, 2.75) is 94.2 Å². The third-order valence-electron chi connectivity index (χ3n) is 13.0. The number of likely N-dealkylation sites (tertiary alicyclic amines) is 1. The van der Waals surface area contributed by atoms with Crippen molar-refractivity contribution < 1.29 is 77.6 Å². The highest BCUT2D eigenvalue weighted by atomic mass is 32.2. The van der Waals surface area contributed by atoms with Crippen molar-refractivity contribution in [1.29, 1.82) is 0 Å². The molecule has 0 radical (unpaired) electrons. The molecule has 8 rings (SSSR count). The van der Waals surface area contributed by atoms with Crippen LogP contribution in [0.5, 0.6) is 17.2 Å². The van der Waals surface area contributed by atoms with E-state index in [1.807, 2.05) is 6.92 Å². The van der Waals surface area contributed by atoms with Gasteiger partial charge in [0, 0.05) is 80.9 Å². The van der Waals surface area contributed by atoms with Gasteiger partial charge in [0.05, 0.1) is 60.8 Å². The lowest BCUT2D eigenvalue weighted by Crippen LogP contribution is -2.55. The number of morpholine rings is 1. The van der Waals surface area contributed by atoms with E-state index in [1.54, 1.807) is 4.90 Å². The van der Waals surface area contributed by atoms with Crippen LogP contribution >= 0.6 is 11.8 Å². The Bertz CT molecular complexity index is 2200. The minimum atomic E-state index is -2.37. The number of aliphatic carboxylic acids is 1. The normalized spacial score (nSPS) is 29.2. The molecule has 0 saturated carbocycles. The number of nitrogens with zero attached hydrogens (tertiary/aromatic N) is 2. The molecule has 0 bridgehead atoms. The van der Waals surface area contributed by atoms with Gasteiger partial charge in [-0.15, -0.1) is 0 Å². The number of ether oxygens (including phenoxy) is 6. The molecule has 2 aromatic carbocycles. The number of carboxylic acid groups (broad SMARTS) is 1. The standard InChI is InChI=1S/C43H51N3O16S/c1-20-38-25(46-12-13-59-41(58-3)39(46)62-38)15-29(60-20)61-27-17-43(56,42(55)44-18-22(47)9-14-63-19-28(48)45-10-7-21(8-11-45)40(53)54)16-24-31(27)37(52)33-32(35(24)50)34(49)23-5-4-6-26(57-2)30(23)36(33)51/h4-6,20-21,25,27,29,38-39,41,50,52,56H,7-19H2,1-3H3,(H,44,55)(H,53,54)/t20-,25-,27-,29-,38+,39+,41-,43-/m0/s1. The topological polar surface area (TPSA) is 257 Å². The molecule has 2 aromatic rings. The maximum absolute atomic E-state index is 14.2. The molecule has 2 aliphatic carbocycles. The molecule has 4 saturated heterocycles. The summed E-state index contributed by atoms with van der Waals surface area (Å²) >= 11 is 1.23. The molecule has 4 aliphatic heterocycles. The van der Waals surface area contributed by atoms with Crippen LogP contribution in [-0.4, -0.2) is 167 Å². The van der Waals surface area contributed by atoms with Gasteiger partial charge in [0.1, 0.15) is 29.0 Å². The summed E-state index contributed by atoms with van der Waals surface area (Å²) in [7, 11) is 2.85. The van der Waals surface area contributed by atoms with Crippen LogP contribution < -0.4 is 10.1 Å². The van der Waals surface area contributed by atoms with E-state index in [0.29, 0.717) is 39.1 Å². The van der Waals surface area contributed by atoms with Crippen LogP contribution in [0.15, 0.2) is 18.2 Å². The fourth-order valence-corrected chi connectivity index (χ4v) is 10.6. The van der Waals surface area contributed by atoms with Gasteiger partial charge in [-0.25, -0.2) is 0 Å². The molecule has 4 heterocycles. The first kappa shape index (κ1) is 44.9. The number of aromatic hydroxyl groups is 2. The van der Waals surface area contributed by atoms with Crippen LogP contribution in [0.25, 0.3) is 0 Å². The Morgan fingerprint density at radius 1 is 1.00 bits per heavy atom. The first-order valence-electron chi connectivity index (χ1n) is 21.0. The van der Waals surface area contributed by atoms with Gasteiger partial charge in [-0.3, -0.25) is 33.7 Å². The van der Waals surface area contributed by atoms with Crippen LogP contribution in [0.2, 0.25) is 0 Å². The third kappa shape index (κ3) is 8.31. The van der Waals surface area contributed by atoms with E-state index in [2.05, 4.69) is 10.2 Å². The number of aliphatic hydroxyl groups is 1. The molecule has 20 heteroatoms. The predicted octanol–water partition coefficient (Wildman–Crippen LogP) is 1.28. The molecule has 0 spiro atoms. The van der Waals surface area contributed by atoms with Crippen molar-refractivity contribution in [1.82, 2.24) is 15.1 Å². The molecule has 4 fully saturated rings. The Balaban J connectivity index is 1.01.